The third kappa shape index (κ3) is 7.80. The summed E-state index contributed by atoms with van der Waals surface area (Å²) in [6.45, 7) is 6.18. The fourth-order valence-electron chi connectivity index (χ4n) is 3.63. The number of benzene rings is 2. The fraction of sp³-hybridized carbons (Fsp3) is 0.462. The number of rotatable bonds is 13. The quantitative estimate of drug-likeness (QED) is 0.426. The first-order chi connectivity index (χ1) is 16.6. The lowest BCUT2D eigenvalue weighted by atomic mass is 10.1. The number of nitrogens with one attached hydrogen (secondary N) is 1. The van der Waals surface area contributed by atoms with Gasteiger partial charge in [-0.15, -0.1) is 0 Å². The van der Waals surface area contributed by atoms with E-state index in [0.29, 0.717) is 18.7 Å². The Labute approximate surface area is 210 Å². The standard InChI is InChI=1S/C26H38N4O4S/c1-6-8-18-27-26(32)24(7-2)29(19-22-16-14-21(3)15-17-22)25(31)20-30(35(33,34)28(4)5)23-12-10-9-11-13-23/h9-17,24H,6-8,18-20H2,1-5H3,(H,27,32)/t24-/m0/s1. The first kappa shape index (κ1) is 28.3. The zero-order valence-electron chi connectivity index (χ0n) is 21.4. The van der Waals surface area contributed by atoms with Gasteiger partial charge in [0.15, 0.2) is 0 Å². The zero-order valence-corrected chi connectivity index (χ0v) is 22.2. The van der Waals surface area contributed by atoms with E-state index in [1.807, 2.05) is 45.0 Å². The summed E-state index contributed by atoms with van der Waals surface area (Å²) in [4.78, 5) is 28.3. The van der Waals surface area contributed by atoms with Gasteiger partial charge >= 0.3 is 10.2 Å². The van der Waals surface area contributed by atoms with Crippen molar-refractivity contribution in [2.75, 3.05) is 31.5 Å². The van der Waals surface area contributed by atoms with Crippen LogP contribution < -0.4 is 9.62 Å². The van der Waals surface area contributed by atoms with E-state index in [1.54, 1.807) is 30.3 Å². The number of amides is 2. The minimum atomic E-state index is -3.95. The topological polar surface area (TPSA) is 90.0 Å². The normalized spacial score (nSPS) is 12.3. The summed E-state index contributed by atoms with van der Waals surface area (Å²) in [6.07, 6.45) is 2.19. The summed E-state index contributed by atoms with van der Waals surface area (Å²) in [7, 11) is -1.10. The number of carbonyl (C=O) groups excluding carboxylic acids is 2. The van der Waals surface area contributed by atoms with Crippen molar-refractivity contribution in [3.8, 4) is 0 Å². The minimum Gasteiger partial charge on any atom is -0.354 e. The van der Waals surface area contributed by atoms with Gasteiger partial charge in [-0.25, -0.2) is 4.31 Å². The predicted octanol–water partition coefficient (Wildman–Crippen LogP) is 3.33. The molecule has 0 aromatic heterocycles. The molecule has 9 heteroatoms. The van der Waals surface area contributed by atoms with Crippen LogP contribution in [0.15, 0.2) is 54.6 Å². The smallest absolute Gasteiger partial charge is 0.304 e. The second kappa shape index (κ2) is 13.3. The highest BCUT2D eigenvalue weighted by atomic mass is 32.2. The largest absolute Gasteiger partial charge is 0.354 e. The van der Waals surface area contributed by atoms with Gasteiger partial charge in [0.1, 0.15) is 12.6 Å². The van der Waals surface area contributed by atoms with Crippen molar-refractivity contribution < 1.29 is 18.0 Å². The summed E-state index contributed by atoms with van der Waals surface area (Å²) >= 11 is 0. The summed E-state index contributed by atoms with van der Waals surface area (Å²) in [5.74, 6) is -0.680. The van der Waals surface area contributed by atoms with Crippen LogP contribution >= 0.6 is 0 Å². The molecule has 0 saturated heterocycles. The first-order valence-electron chi connectivity index (χ1n) is 12.0. The molecular weight excluding hydrogens is 464 g/mol. The number of nitrogens with zero attached hydrogens (tertiary/aromatic N) is 3. The predicted molar refractivity (Wildman–Crippen MR) is 140 cm³/mol. The fourth-order valence-corrected chi connectivity index (χ4v) is 4.68. The number of anilines is 1. The van der Waals surface area contributed by atoms with Crippen LogP contribution in [0.2, 0.25) is 0 Å². The molecule has 0 radical (unpaired) electrons. The van der Waals surface area contributed by atoms with Gasteiger partial charge in [0, 0.05) is 27.2 Å². The van der Waals surface area contributed by atoms with Crippen molar-refractivity contribution in [1.82, 2.24) is 14.5 Å². The Kier molecular flexibility index (Phi) is 10.7. The Balaban J connectivity index is 2.42. The average Bonchev–Trinajstić information content (AvgIpc) is 2.84. The SMILES string of the molecule is CCCCNC(=O)[C@H](CC)N(Cc1ccc(C)cc1)C(=O)CN(c1ccccc1)S(=O)(=O)N(C)C. The highest BCUT2D eigenvalue weighted by Gasteiger charge is 2.33. The molecule has 2 amide bonds. The molecule has 0 fully saturated rings. The molecule has 0 aliphatic heterocycles. The van der Waals surface area contributed by atoms with Crippen LogP contribution in [0.25, 0.3) is 0 Å². The van der Waals surface area contributed by atoms with Crippen LogP contribution in [-0.4, -0.2) is 62.7 Å². The van der Waals surface area contributed by atoms with Gasteiger partial charge in [-0.3, -0.25) is 9.59 Å². The number of carbonyl (C=O) groups is 2. The molecular formula is C26H38N4O4S. The van der Waals surface area contributed by atoms with Gasteiger partial charge in [0.2, 0.25) is 11.8 Å². The van der Waals surface area contributed by atoms with Gasteiger partial charge in [0.25, 0.3) is 0 Å². The monoisotopic (exact) mass is 502 g/mol. The number of hydrogen-bond acceptors (Lipinski definition) is 4. The van der Waals surface area contributed by atoms with Crippen LogP contribution in [0.3, 0.4) is 0 Å². The lowest BCUT2D eigenvalue weighted by Crippen LogP contribution is -2.53. The molecule has 1 N–H and O–H groups in total. The van der Waals surface area contributed by atoms with Crippen molar-refractivity contribution in [2.45, 2.75) is 52.6 Å². The van der Waals surface area contributed by atoms with Gasteiger partial charge in [-0.2, -0.15) is 12.7 Å². The van der Waals surface area contributed by atoms with Crippen molar-refractivity contribution in [1.29, 1.82) is 0 Å². The van der Waals surface area contributed by atoms with E-state index < -0.39 is 28.7 Å². The van der Waals surface area contributed by atoms with E-state index in [2.05, 4.69) is 5.32 Å². The van der Waals surface area contributed by atoms with E-state index in [9.17, 15) is 18.0 Å². The highest BCUT2D eigenvalue weighted by molar-refractivity contribution is 7.90. The Hall–Kier alpha value is -2.91. The molecule has 0 spiro atoms. The van der Waals surface area contributed by atoms with Crippen molar-refractivity contribution in [3.63, 3.8) is 0 Å². The van der Waals surface area contributed by atoms with E-state index in [-0.39, 0.29) is 12.5 Å². The Morgan fingerprint density at radius 2 is 1.60 bits per heavy atom. The molecule has 0 aliphatic rings. The van der Waals surface area contributed by atoms with Crippen molar-refractivity contribution >= 4 is 27.7 Å². The van der Waals surface area contributed by atoms with E-state index in [1.165, 1.54) is 19.0 Å². The molecule has 8 nitrogen and oxygen atoms in total. The molecule has 2 rings (SSSR count). The minimum absolute atomic E-state index is 0.198. The lowest BCUT2D eigenvalue weighted by molar-refractivity contribution is -0.140. The Morgan fingerprint density at radius 3 is 2.14 bits per heavy atom. The number of aryl methyl sites for hydroxylation is 1. The first-order valence-corrected chi connectivity index (χ1v) is 13.4. The maximum absolute atomic E-state index is 13.7. The number of unbranched alkanes of at least 4 members (excludes halogenated alkanes) is 1. The highest BCUT2D eigenvalue weighted by Crippen LogP contribution is 2.21. The summed E-state index contributed by atoms with van der Waals surface area (Å²) in [6, 6.07) is 15.5. The third-order valence-electron chi connectivity index (χ3n) is 5.75. The van der Waals surface area contributed by atoms with Crippen LogP contribution in [0.5, 0.6) is 0 Å². The molecule has 0 bridgehead atoms. The zero-order chi connectivity index (χ0) is 26.0. The molecule has 1 atom stereocenters. The van der Waals surface area contributed by atoms with E-state index in [4.69, 9.17) is 0 Å². The number of para-hydroxylation sites is 1. The molecule has 0 saturated carbocycles. The molecule has 192 valence electrons. The molecule has 0 aliphatic carbocycles. The summed E-state index contributed by atoms with van der Waals surface area (Å²) in [5.41, 5.74) is 2.33. The lowest BCUT2D eigenvalue weighted by Gasteiger charge is -2.34. The molecule has 0 heterocycles. The van der Waals surface area contributed by atoms with Gasteiger partial charge in [-0.05, 0) is 37.5 Å². The van der Waals surface area contributed by atoms with Crippen LogP contribution in [0, 0.1) is 6.92 Å². The van der Waals surface area contributed by atoms with E-state index in [0.717, 1.165) is 32.6 Å². The summed E-state index contributed by atoms with van der Waals surface area (Å²) in [5, 5.41) is 2.93. The van der Waals surface area contributed by atoms with Gasteiger partial charge in [0.05, 0.1) is 5.69 Å². The van der Waals surface area contributed by atoms with Crippen molar-refractivity contribution in [3.05, 3.63) is 65.7 Å². The third-order valence-corrected chi connectivity index (χ3v) is 7.57. The Morgan fingerprint density at radius 1 is 0.971 bits per heavy atom. The van der Waals surface area contributed by atoms with Gasteiger partial charge < -0.3 is 10.2 Å². The average molecular weight is 503 g/mol. The van der Waals surface area contributed by atoms with Crippen LogP contribution in [0.4, 0.5) is 5.69 Å². The van der Waals surface area contributed by atoms with E-state index >= 15 is 0 Å². The van der Waals surface area contributed by atoms with Crippen LogP contribution in [-0.2, 0) is 26.3 Å². The van der Waals surface area contributed by atoms with Gasteiger partial charge in [-0.1, -0.05) is 68.3 Å². The number of hydrogen-bond donors (Lipinski definition) is 1. The van der Waals surface area contributed by atoms with Crippen molar-refractivity contribution in [2.24, 2.45) is 0 Å². The Bertz CT molecular complexity index is 1060. The molecule has 0 unspecified atom stereocenters. The second-order valence-electron chi connectivity index (χ2n) is 8.71. The molecule has 2 aromatic carbocycles. The maximum Gasteiger partial charge on any atom is 0.304 e. The molecule has 2 aromatic rings. The molecule has 35 heavy (non-hydrogen) atoms. The second-order valence-corrected chi connectivity index (χ2v) is 10.8. The maximum atomic E-state index is 13.7. The summed E-state index contributed by atoms with van der Waals surface area (Å²) < 4.78 is 28.4. The van der Waals surface area contributed by atoms with Crippen LogP contribution in [0.1, 0.15) is 44.2 Å².